The second kappa shape index (κ2) is 9.94. The van der Waals surface area contributed by atoms with Crippen LogP contribution in [0.1, 0.15) is 31.1 Å². The lowest BCUT2D eigenvalue weighted by atomic mass is 9.86. The molecule has 0 radical (unpaired) electrons. The molecule has 41 heavy (non-hydrogen) atoms. The fourth-order valence-electron chi connectivity index (χ4n) is 5.69. The minimum Gasteiger partial charge on any atom is -0.496 e. The third kappa shape index (κ3) is 4.42. The van der Waals surface area contributed by atoms with E-state index >= 15 is 0 Å². The maximum Gasteiger partial charge on any atom is 0.331 e. The van der Waals surface area contributed by atoms with Crippen molar-refractivity contribution in [2.75, 3.05) is 7.11 Å². The van der Waals surface area contributed by atoms with Crippen molar-refractivity contribution in [1.29, 1.82) is 0 Å². The first kappa shape index (κ1) is 26.9. The minimum atomic E-state index is -1.30. The lowest BCUT2D eigenvalue weighted by molar-refractivity contribution is -0.171. The largest absolute Gasteiger partial charge is 0.496 e. The van der Waals surface area contributed by atoms with Gasteiger partial charge in [-0.1, -0.05) is 54.1 Å². The van der Waals surface area contributed by atoms with E-state index in [4.69, 9.17) is 25.8 Å². The molecule has 2 atom stereocenters. The van der Waals surface area contributed by atoms with Gasteiger partial charge in [0.2, 0.25) is 5.43 Å². The van der Waals surface area contributed by atoms with E-state index in [2.05, 4.69) is 0 Å². The number of aromatic nitrogens is 1. The van der Waals surface area contributed by atoms with E-state index in [1.54, 1.807) is 44.2 Å². The summed E-state index contributed by atoms with van der Waals surface area (Å²) in [5.41, 5.74) is 0.802. The van der Waals surface area contributed by atoms with Crippen molar-refractivity contribution in [2.24, 2.45) is 7.05 Å². The van der Waals surface area contributed by atoms with E-state index in [9.17, 15) is 14.7 Å². The fraction of sp³-hybridized carbons (Fsp3) is 0.212. The van der Waals surface area contributed by atoms with Gasteiger partial charge in [0.25, 0.3) is 0 Å². The number of rotatable bonds is 4. The molecule has 4 aromatic carbocycles. The van der Waals surface area contributed by atoms with Gasteiger partial charge in [0.05, 0.1) is 29.1 Å². The lowest BCUT2D eigenvalue weighted by Crippen LogP contribution is -2.51. The van der Waals surface area contributed by atoms with Crippen LogP contribution in [-0.4, -0.2) is 34.5 Å². The summed E-state index contributed by atoms with van der Waals surface area (Å²) in [5.74, 6) is 0.00847. The average molecular weight is 570 g/mol. The number of hydrogen-bond acceptors (Lipinski definition) is 6. The Morgan fingerprint density at radius 3 is 2.46 bits per heavy atom. The van der Waals surface area contributed by atoms with Gasteiger partial charge in [-0.25, -0.2) is 4.79 Å². The number of fused-ring (bicyclic) bond motifs is 5. The first-order chi connectivity index (χ1) is 19.6. The Morgan fingerprint density at radius 1 is 1.07 bits per heavy atom. The smallest absolute Gasteiger partial charge is 0.331 e. The average Bonchev–Trinajstić information content (AvgIpc) is 2.95. The molecule has 5 aromatic rings. The molecule has 1 aliphatic heterocycles. The van der Waals surface area contributed by atoms with Crippen LogP contribution >= 0.6 is 11.6 Å². The van der Waals surface area contributed by atoms with Gasteiger partial charge >= 0.3 is 5.97 Å². The topological polar surface area (TPSA) is 87.0 Å². The van der Waals surface area contributed by atoms with E-state index in [1.165, 1.54) is 13.2 Å². The zero-order chi connectivity index (χ0) is 29.1. The molecule has 0 spiro atoms. The second-order valence-electron chi connectivity index (χ2n) is 10.7. The summed E-state index contributed by atoms with van der Waals surface area (Å²) in [6.45, 7) is 3.47. The fourth-order valence-corrected chi connectivity index (χ4v) is 5.89. The number of methoxy groups -OCH3 is 1. The number of halogens is 1. The SMILES string of the molecule is COc1cc2c(c3c1c(=O)c1cc4ccccc4cc1n3C)C(O)C(OC(=O)/C=C/c1ccccc1Cl)C(C)(C)O2. The Kier molecular flexibility index (Phi) is 6.52. The Labute approximate surface area is 241 Å². The Hall–Kier alpha value is -4.33. The zero-order valence-corrected chi connectivity index (χ0v) is 23.7. The molecule has 0 fully saturated rings. The highest BCUT2D eigenvalue weighted by molar-refractivity contribution is 6.32. The van der Waals surface area contributed by atoms with E-state index < -0.39 is 23.8 Å². The molecule has 0 amide bonds. The van der Waals surface area contributed by atoms with Gasteiger partial charge in [-0.3, -0.25) is 4.79 Å². The van der Waals surface area contributed by atoms with Crippen molar-refractivity contribution < 1.29 is 24.1 Å². The van der Waals surface area contributed by atoms with Crippen LogP contribution in [-0.2, 0) is 16.6 Å². The monoisotopic (exact) mass is 569 g/mol. The van der Waals surface area contributed by atoms with Gasteiger partial charge in [0, 0.05) is 29.6 Å². The summed E-state index contributed by atoms with van der Waals surface area (Å²) in [6, 6.07) is 20.4. The van der Waals surface area contributed by atoms with Crippen LogP contribution in [0.15, 0.2) is 77.6 Å². The van der Waals surface area contributed by atoms with E-state index in [-0.39, 0.29) is 5.43 Å². The van der Waals surface area contributed by atoms with Crippen molar-refractivity contribution in [1.82, 2.24) is 4.57 Å². The highest BCUT2D eigenvalue weighted by Gasteiger charge is 2.47. The van der Waals surface area contributed by atoms with Crippen LogP contribution < -0.4 is 14.9 Å². The molecule has 208 valence electrons. The molecular weight excluding hydrogens is 542 g/mol. The number of aliphatic hydroxyl groups is 1. The molecule has 7 nitrogen and oxygen atoms in total. The van der Waals surface area contributed by atoms with Crippen molar-refractivity contribution >= 4 is 56.2 Å². The molecule has 2 heterocycles. The van der Waals surface area contributed by atoms with E-state index in [0.717, 1.165) is 10.8 Å². The zero-order valence-electron chi connectivity index (χ0n) is 23.0. The number of aryl methyl sites for hydroxylation is 1. The van der Waals surface area contributed by atoms with E-state index in [1.807, 2.05) is 54.1 Å². The van der Waals surface area contributed by atoms with Crippen LogP contribution in [0.4, 0.5) is 0 Å². The standard InChI is InChI=1S/C33H28ClNO6/c1-33(2)32(40-26(36)14-13-18-9-7-8-12-22(18)34)31(38)28-25(41-33)17-24(39-4)27-29(28)35(3)23-16-20-11-6-5-10-19(20)15-21(23)30(27)37/h5-17,31-32,38H,1-4H3/b14-13+. The Morgan fingerprint density at radius 2 is 1.76 bits per heavy atom. The van der Waals surface area contributed by atoms with Crippen LogP contribution in [0.5, 0.6) is 11.5 Å². The number of aliphatic hydroxyl groups excluding tert-OH is 1. The predicted octanol–water partition coefficient (Wildman–Crippen LogP) is 6.34. The maximum absolute atomic E-state index is 14.0. The normalized spacial score (nSPS) is 18.0. The molecule has 0 bridgehead atoms. The summed E-state index contributed by atoms with van der Waals surface area (Å²) in [7, 11) is 3.32. The van der Waals surface area contributed by atoms with Crippen LogP contribution in [0, 0.1) is 0 Å². The maximum atomic E-state index is 14.0. The van der Waals surface area contributed by atoms with Crippen molar-refractivity contribution in [3.8, 4) is 11.5 Å². The number of hydrogen-bond donors (Lipinski definition) is 1. The van der Waals surface area contributed by atoms with E-state index in [0.29, 0.717) is 49.5 Å². The molecule has 0 saturated heterocycles. The number of benzene rings is 4. The highest BCUT2D eigenvalue weighted by atomic mass is 35.5. The number of carbonyl (C=O) groups is 1. The molecule has 6 rings (SSSR count). The summed E-state index contributed by atoms with van der Waals surface area (Å²) < 4.78 is 19.7. The van der Waals surface area contributed by atoms with Crippen molar-refractivity contribution in [3.63, 3.8) is 0 Å². The number of nitrogens with zero attached hydrogens (tertiary/aromatic N) is 1. The van der Waals surface area contributed by atoms with Crippen LogP contribution in [0.3, 0.4) is 0 Å². The number of carbonyl (C=O) groups excluding carboxylic acids is 1. The summed E-state index contributed by atoms with van der Waals surface area (Å²) >= 11 is 6.20. The molecule has 0 aliphatic carbocycles. The van der Waals surface area contributed by atoms with Gasteiger partial charge in [-0.15, -0.1) is 0 Å². The minimum absolute atomic E-state index is 0.230. The van der Waals surface area contributed by atoms with Gasteiger partial charge in [0.1, 0.15) is 23.2 Å². The number of esters is 1. The molecule has 8 heteroatoms. The third-order valence-electron chi connectivity index (χ3n) is 7.71. The van der Waals surface area contributed by atoms with Crippen LogP contribution in [0.2, 0.25) is 5.02 Å². The predicted molar refractivity (Wildman–Crippen MR) is 161 cm³/mol. The Balaban J connectivity index is 1.51. The first-order valence-corrected chi connectivity index (χ1v) is 13.5. The van der Waals surface area contributed by atoms with Crippen LogP contribution in [0.25, 0.3) is 38.7 Å². The van der Waals surface area contributed by atoms with Crippen molar-refractivity contribution in [2.45, 2.75) is 31.7 Å². The van der Waals surface area contributed by atoms with Gasteiger partial charge < -0.3 is 23.9 Å². The molecule has 1 aliphatic rings. The summed E-state index contributed by atoms with van der Waals surface area (Å²) in [6.07, 6.45) is 0.433. The third-order valence-corrected chi connectivity index (χ3v) is 8.05. The Bertz CT molecular complexity index is 1960. The molecule has 1 aromatic heterocycles. The molecule has 1 N–H and O–H groups in total. The number of ether oxygens (including phenoxy) is 3. The molecule has 2 unspecified atom stereocenters. The molecule has 0 saturated carbocycles. The first-order valence-electron chi connectivity index (χ1n) is 13.2. The summed E-state index contributed by atoms with van der Waals surface area (Å²) in [4.78, 5) is 26.9. The van der Waals surface area contributed by atoms with Gasteiger partial charge in [-0.2, -0.15) is 0 Å². The number of pyridine rings is 1. The highest BCUT2D eigenvalue weighted by Crippen LogP contribution is 2.47. The second-order valence-corrected chi connectivity index (χ2v) is 11.1. The quantitative estimate of drug-likeness (QED) is 0.154. The lowest BCUT2D eigenvalue weighted by Gasteiger charge is -2.42. The van der Waals surface area contributed by atoms with Gasteiger partial charge in [-0.05, 0) is 54.5 Å². The van der Waals surface area contributed by atoms with Crippen molar-refractivity contribution in [3.05, 3.63) is 99.2 Å². The van der Waals surface area contributed by atoms with Gasteiger partial charge in [0.15, 0.2) is 6.10 Å². The molecular formula is C33H28ClNO6. The summed E-state index contributed by atoms with van der Waals surface area (Å²) in [5, 5.41) is 15.0.